The summed E-state index contributed by atoms with van der Waals surface area (Å²) in [4.78, 5) is 29.2. The fourth-order valence-corrected chi connectivity index (χ4v) is 3.19. The highest BCUT2D eigenvalue weighted by Gasteiger charge is 2.12. The number of hydrogen-bond donors (Lipinski definition) is 1. The van der Waals surface area contributed by atoms with Crippen LogP contribution >= 0.6 is 0 Å². The van der Waals surface area contributed by atoms with Crippen molar-refractivity contribution in [3.63, 3.8) is 0 Å². The van der Waals surface area contributed by atoms with Crippen molar-refractivity contribution in [3.8, 4) is 11.4 Å². The first kappa shape index (κ1) is 19.5. The third-order valence-corrected chi connectivity index (χ3v) is 4.78. The van der Waals surface area contributed by atoms with Gasteiger partial charge in [0, 0.05) is 23.9 Å². The van der Waals surface area contributed by atoms with Crippen LogP contribution in [0.1, 0.15) is 17.1 Å². The maximum absolute atomic E-state index is 12.6. The zero-order chi connectivity index (χ0) is 21.1. The van der Waals surface area contributed by atoms with Gasteiger partial charge in [-0.1, -0.05) is 53.2 Å². The summed E-state index contributed by atoms with van der Waals surface area (Å²) in [6.45, 7) is 3.99. The van der Waals surface area contributed by atoms with Crippen LogP contribution in [0, 0.1) is 13.8 Å². The molecule has 2 aromatic heterocycles. The summed E-state index contributed by atoms with van der Waals surface area (Å²) in [6.07, 6.45) is 0.393. The topological polar surface area (TPSA) is 103 Å². The van der Waals surface area contributed by atoms with E-state index in [1.807, 2.05) is 50.2 Å². The summed E-state index contributed by atoms with van der Waals surface area (Å²) in [5.41, 5.74) is 2.44. The minimum absolute atomic E-state index is 0.150. The van der Waals surface area contributed by atoms with Crippen LogP contribution in [0.4, 0.5) is 0 Å². The molecular formula is C22H21N5O3. The van der Waals surface area contributed by atoms with Crippen molar-refractivity contribution in [1.82, 2.24) is 25.2 Å². The Hall–Kier alpha value is -3.81. The fourth-order valence-electron chi connectivity index (χ4n) is 3.19. The molecule has 0 bridgehead atoms. The largest absolute Gasteiger partial charge is 0.354 e. The Bertz CT molecular complexity index is 1260. The summed E-state index contributed by atoms with van der Waals surface area (Å²) < 4.78 is 6.44. The zero-order valence-electron chi connectivity index (χ0n) is 16.8. The van der Waals surface area contributed by atoms with Crippen LogP contribution in [0.3, 0.4) is 0 Å². The van der Waals surface area contributed by atoms with Crippen molar-refractivity contribution in [2.45, 2.75) is 26.8 Å². The second kappa shape index (κ2) is 8.28. The van der Waals surface area contributed by atoms with E-state index in [1.165, 1.54) is 4.68 Å². The van der Waals surface area contributed by atoms with Crippen LogP contribution in [0.15, 0.2) is 57.8 Å². The van der Waals surface area contributed by atoms with Crippen molar-refractivity contribution in [2.24, 2.45) is 0 Å². The normalized spacial score (nSPS) is 11.0. The van der Waals surface area contributed by atoms with Crippen LogP contribution in [0.5, 0.6) is 0 Å². The standard InChI is InChI=1S/C22H21N5O3/c1-14-7-9-16(10-8-14)21-24-20(30-26-21)11-12-23-19(28)13-27-22(29)18-6-4-3-5-17(18)15(2)25-27/h3-10H,11-13H2,1-2H3,(H,23,28). The predicted molar refractivity (Wildman–Crippen MR) is 112 cm³/mol. The molecule has 0 aliphatic carbocycles. The number of aryl methyl sites for hydroxylation is 2. The Morgan fingerprint density at radius 3 is 2.57 bits per heavy atom. The molecule has 2 heterocycles. The molecule has 0 aliphatic rings. The first-order valence-electron chi connectivity index (χ1n) is 9.64. The van der Waals surface area contributed by atoms with E-state index in [0.717, 1.165) is 16.5 Å². The molecule has 0 atom stereocenters. The zero-order valence-corrected chi connectivity index (χ0v) is 16.8. The number of aromatic nitrogens is 4. The Morgan fingerprint density at radius 2 is 1.80 bits per heavy atom. The first-order chi connectivity index (χ1) is 14.5. The lowest BCUT2D eigenvalue weighted by molar-refractivity contribution is -0.121. The summed E-state index contributed by atoms with van der Waals surface area (Å²) >= 11 is 0. The van der Waals surface area contributed by atoms with Crippen molar-refractivity contribution in [1.29, 1.82) is 0 Å². The van der Waals surface area contributed by atoms with Crippen molar-refractivity contribution in [3.05, 3.63) is 76.0 Å². The molecule has 1 N–H and O–H groups in total. The fraction of sp³-hybridized carbons (Fsp3) is 0.227. The van der Waals surface area contributed by atoms with Gasteiger partial charge in [-0.3, -0.25) is 9.59 Å². The van der Waals surface area contributed by atoms with E-state index in [1.54, 1.807) is 12.1 Å². The highest BCUT2D eigenvalue weighted by molar-refractivity contribution is 5.83. The molecular weight excluding hydrogens is 382 g/mol. The minimum Gasteiger partial charge on any atom is -0.354 e. The number of carbonyl (C=O) groups excluding carboxylic acids is 1. The molecule has 0 fully saturated rings. The average molecular weight is 403 g/mol. The maximum atomic E-state index is 12.6. The van der Waals surface area contributed by atoms with Crippen LogP contribution in [0.25, 0.3) is 22.2 Å². The lowest BCUT2D eigenvalue weighted by Gasteiger charge is -2.08. The SMILES string of the molecule is Cc1ccc(-c2noc(CCNC(=O)Cn3nc(C)c4ccccc4c3=O)n2)cc1. The van der Waals surface area contributed by atoms with E-state index in [-0.39, 0.29) is 18.0 Å². The van der Waals surface area contributed by atoms with Crippen LogP contribution in [-0.2, 0) is 17.8 Å². The molecule has 0 saturated heterocycles. The van der Waals surface area contributed by atoms with Gasteiger partial charge in [0.25, 0.3) is 5.56 Å². The monoisotopic (exact) mass is 403 g/mol. The minimum atomic E-state index is -0.308. The molecule has 2 aromatic carbocycles. The number of hydrogen-bond acceptors (Lipinski definition) is 6. The molecule has 4 aromatic rings. The molecule has 0 unspecified atom stereocenters. The number of nitrogens with one attached hydrogen (secondary N) is 1. The molecule has 1 amide bonds. The van der Waals surface area contributed by atoms with Crippen LogP contribution in [0.2, 0.25) is 0 Å². The summed E-state index contributed by atoms with van der Waals surface area (Å²) in [6, 6.07) is 15.1. The predicted octanol–water partition coefficient (Wildman–Crippen LogP) is 2.42. The molecule has 30 heavy (non-hydrogen) atoms. The van der Waals surface area contributed by atoms with E-state index < -0.39 is 0 Å². The second-order valence-electron chi connectivity index (χ2n) is 7.07. The van der Waals surface area contributed by atoms with Crippen molar-refractivity contribution in [2.75, 3.05) is 6.54 Å². The number of amides is 1. The van der Waals surface area contributed by atoms with Gasteiger partial charge < -0.3 is 9.84 Å². The van der Waals surface area contributed by atoms with E-state index in [9.17, 15) is 9.59 Å². The first-order valence-corrected chi connectivity index (χ1v) is 9.64. The van der Waals surface area contributed by atoms with Crippen molar-refractivity contribution < 1.29 is 9.32 Å². The Kier molecular flexibility index (Phi) is 5.38. The number of benzene rings is 2. The van der Waals surface area contributed by atoms with E-state index in [0.29, 0.717) is 35.8 Å². The Labute approximate surface area is 172 Å². The Balaban J connectivity index is 1.36. The van der Waals surface area contributed by atoms with Crippen molar-refractivity contribution >= 4 is 16.7 Å². The van der Waals surface area contributed by atoms with Gasteiger partial charge in [0.1, 0.15) is 6.54 Å². The third kappa shape index (κ3) is 4.12. The molecule has 0 aliphatic heterocycles. The van der Waals surface area contributed by atoms with E-state index in [2.05, 4.69) is 20.6 Å². The van der Waals surface area contributed by atoms with Gasteiger partial charge in [-0.25, -0.2) is 4.68 Å². The highest BCUT2D eigenvalue weighted by atomic mass is 16.5. The summed E-state index contributed by atoms with van der Waals surface area (Å²) in [7, 11) is 0. The third-order valence-electron chi connectivity index (χ3n) is 4.78. The smallest absolute Gasteiger partial charge is 0.275 e. The van der Waals surface area contributed by atoms with Crippen LogP contribution in [-0.4, -0.2) is 32.4 Å². The molecule has 0 radical (unpaired) electrons. The van der Waals surface area contributed by atoms with Crippen LogP contribution < -0.4 is 10.9 Å². The van der Waals surface area contributed by atoms with Gasteiger partial charge in [-0.05, 0) is 19.9 Å². The average Bonchev–Trinajstić information content (AvgIpc) is 3.21. The Morgan fingerprint density at radius 1 is 1.07 bits per heavy atom. The summed E-state index contributed by atoms with van der Waals surface area (Å²) in [5.74, 6) is 0.638. The highest BCUT2D eigenvalue weighted by Crippen LogP contribution is 2.16. The summed E-state index contributed by atoms with van der Waals surface area (Å²) in [5, 5.41) is 12.3. The molecule has 8 nitrogen and oxygen atoms in total. The number of carbonyl (C=O) groups is 1. The molecule has 0 spiro atoms. The quantitative estimate of drug-likeness (QED) is 0.530. The molecule has 8 heteroatoms. The number of rotatable bonds is 6. The van der Waals surface area contributed by atoms with Gasteiger partial charge in [-0.2, -0.15) is 10.1 Å². The van der Waals surface area contributed by atoms with Gasteiger partial charge >= 0.3 is 0 Å². The number of nitrogens with zero attached hydrogens (tertiary/aromatic N) is 4. The lowest BCUT2D eigenvalue weighted by atomic mass is 10.1. The molecule has 0 saturated carbocycles. The maximum Gasteiger partial charge on any atom is 0.275 e. The number of fused-ring (bicyclic) bond motifs is 1. The second-order valence-corrected chi connectivity index (χ2v) is 7.07. The lowest BCUT2D eigenvalue weighted by Crippen LogP contribution is -2.35. The molecule has 4 rings (SSSR count). The van der Waals surface area contributed by atoms with Gasteiger partial charge in [0.2, 0.25) is 17.6 Å². The van der Waals surface area contributed by atoms with Gasteiger partial charge in [0.05, 0.1) is 11.1 Å². The van der Waals surface area contributed by atoms with E-state index in [4.69, 9.17) is 4.52 Å². The van der Waals surface area contributed by atoms with Gasteiger partial charge in [0.15, 0.2) is 0 Å². The molecule has 152 valence electrons. The van der Waals surface area contributed by atoms with E-state index >= 15 is 0 Å². The van der Waals surface area contributed by atoms with Gasteiger partial charge in [-0.15, -0.1) is 0 Å².